The summed E-state index contributed by atoms with van der Waals surface area (Å²) >= 11 is 0. The van der Waals surface area contributed by atoms with Gasteiger partial charge >= 0.3 is 0 Å². The van der Waals surface area contributed by atoms with Gasteiger partial charge in [-0.2, -0.15) is 0 Å². The summed E-state index contributed by atoms with van der Waals surface area (Å²) in [4.78, 5) is 0. The van der Waals surface area contributed by atoms with Crippen LogP contribution in [0.4, 0.5) is 0 Å². The van der Waals surface area contributed by atoms with E-state index in [0.717, 1.165) is 16.9 Å². The van der Waals surface area contributed by atoms with Crippen LogP contribution in [0.25, 0.3) is 0 Å². The van der Waals surface area contributed by atoms with Gasteiger partial charge in [0.15, 0.2) is 0 Å². The quantitative estimate of drug-likeness (QED) is 0.847. The highest BCUT2D eigenvalue weighted by atomic mass is 16.5. The molecule has 0 unspecified atom stereocenters. The van der Waals surface area contributed by atoms with Crippen molar-refractivity contribution in [2.24, 2.45) is 0 Å². The van der Waals surface area contributed by atoms with Crippen molar-refractivity contribution in [3.8, 4) is 5.75 Å². The fourth-order valence-electron chi connectivity index (χ4n) is 3.55. The monoisotopic (exact) mass is 325 g/mol. The molecule has 0 amide bonds. The average Bonchev–Trinajstić information content (AvgIpc) is 2.68. The van der Waals surface area contributed by atoms with Crippen molar-refractivity contribution in [1.29, 1.82) is 0 Å². The van der Waals surface area contributed by atoms with E-state index in [9.17, 15) is 5.11 Å². The molecule has 0 radical (unpaired) electrons. The maximum atomic E-state index is 11.5. The Kier molecular flexibility index (Phi) is 5.54. The first kappa shape index (κ1) is 17.0. The van der Waals surface area contributed by atoms with Gasteiger partial charge in [-0.25, -0.2) is 0 Å². The summed E-state index contributed by atoms with van der Waals surface area (Å²) in [6, 6.07) is 18.1. The molecule has 128 valence electrons. The van der Waals surface area contributed by atoms with Crippen LogP contribution in [-0.4, -0.2) is 24.8 Å². The lowest BCUT2D eigenvalue weighted by molar-refractivity contribution is 0.0745. The van der Waals surface area contributed by atoms with E-state index in [1.54, 1.807) is 7.11 Å². The second-order valence-electron chi connectivity index (χ2n) is 6.67. The minimum atomic E-state index is -1.04. The zero-order valence-electron chi connectivity index (χ0n) is 14.4. The lowest BCUT2D eigenvalue weighted by Crippen LogP contribution is -2.44. The topological polar surface area (TPSA) is 41.5 Å². The van der Waals surface area contributed by atoms with E-state index in [1.807, 2.05) is 54.6 Å². The lowest BCUT2D eigenvalue weighted by Gasteiger charge is -2.33. The van der Waals surface area contributed by atoms with Crippen LogP contribution in [0.2, 0.25) is 0 Å². The van der Waals surface area contributed by atoms with E-state index < -0.39 is 5.60 Å². The zero-order chi connectivity index (χ0) is 16.8. The van der Waals surface area contributed by atoms with Crippen molar-refractivity contribution in [2.45, 2.75) is 43.7 Å². The van der Waals surface area contributed by atoms with Gasteiger partial charge in [0.1, 0.15) is 11.4 Å². The Hall–Kier alpha value is -1.84. The number of hydrogen-bond donors (Lipinski definition) is 2. The SMILES string of the molecule is COc1ccc([C@@](O)(CNC2CCCCC2)c2ccccc2)cc1. The molecule has 0 aromatic heterocycles. The molecule has 2 aromatic rings. The summed E-state index contributed by atoms with van der Waals surface area (Å²) in [5.41, 5.74) is 0.765. The Morgan fingerprint density at radius 1 is 0.958 bits per heavy atom. The molecule has 0 spiro atoms. The van der Waals surface area contributed by atoms with Crippen LogP contribution in [-0.2, 0) is 5.60 Å². The summed E-state index contributed by atoms with van der Waals surface area (Å²) in [5.74, 6) is 0.800. The number of hydrogen-bond acceptors (Lipinski definition) is 3. The summed E-state index contributed by atoms with van der Waals surface area (Å²) in [6.07, 6.45) is 6.30. The van der Waals surface area contributed by atoms with Crippen LogP contribution >= 0.6 is 0 Å². The standard InChI is InChI=1S/C21H27NO2/c1-24-20-14-12-18(13-15-20)21(23,17-8-4-2-5-9-17)16-22-19-10-6-3-7-11-19/h2,4-5,8-9,12-15,19,22-23H,3,6-7,10-11,16H2,1H3/t21-/m1/s1. The molecule has 1 aliphatic rings. The first-order chi connectivity index (χ1) is 11.7. The number of rotatable bonds is 6. The Morgan fingerprint density at radius 2 is 1.58 bits per heavy atom. The number of nitrogens with one attached hydrogen (secondary N) is 1. The fraction of sp³-hybridized carbons (Fsp3) is 0.429. The van der Waals surface area contributed by atoms with Crippen LogP contribution in [0.15, 0.2) is 54.6 Å². The predicted octanol–water partition coefficient (Wildman–Crippen LogP) is 3.85. The molecular formula is C21H27NO2. The van der Waals surface area contributed by atoms with Crippen molar-refractivity contribution in [3.05, 3.63) is 65.7 Å². The number of ether oxygens (including phenoxy) is 1. The summed E-state index contributed by atoms with van der Waals surface area (Å²) in [6.45, 7) is 0.522. The van der Waals surface area contributed by atoms with Gasteiger partial charge in [0.25, 0.3) is 0 Å². The van der Waals surface area contributed by atoms with Crippen LogP contribution in [0, 0.1) is 0 Å². The molecule has 1 aliphatic carbocycles. The van der Waals surface area contributed by atoms with E-state index in [2.05, 4.69) is 5.32 Å². The van der Waals surface area contributed by atoms with E-state index in [0.29, 0.717) is 12.6 Å². The first-order valence-electron chi connectivity index (χ1n) is 8.88. The minimum absolute atomic E-state index is 0.507. The van der Waals surface area contributed by atoms with Gasteiger partial charge in [0, 0.05) is 12.6 Å². The largest absolute Gasteiger partial charge is 0.497 e. The molecule has 3 rings (SSSR count). The molecule has 24 heavy (non-hydrogen) atoms. The van der Waals surface area contributed by atoms with E-state index in [4.69, 9.17) is 4.74 Å². The number of methoxy groups -OCH3 is 1. The normalized spacial score (nSPS) is 18.1. The molecule has 0 heterocycles. The zero-order valence-corrected chi connectivity index (χ0v) is 14.4. The molecule has 0 saturated heterocycles. The van der Waals surface area contributed by atoms with Gasteiger partial charge in [0.2, 0.25) is 0 Å². The highest BCUT2D eigenvalue weighted by Crippen LogP contribution is 2.31. The van der Waals surface area contributed by atoms with Crippen molar-refractivity contribution >= 4 is 0 Å². The second-order valence-corrected chi connectivity index (χ2v) is 6.67. The molecule has 3 nitrogen and oxygen atoms in total. The molecule has 2 aromatic carbocycles. The van der Waals surface area contributed by atoms with Crippen molar-refractivity contribution in [1.82, 2.24) is 5.32 Å². The Morgan fingerprint density at radius 3 is 2.21 bits per heavy atom. The molecule has 0 aliphatic heterocycles. The third-order valence-corrected chi connectivity index (χ3v) is 5.07. The van der Waals surface area contributed by atoms with Crippen LogP contribution in [0.1, 0.15) is 43.2 Å². The lowest BCUT2D eigenvalue weighted by atomic mass is 9.85. The Balaban J connectivity index is 1.85. The van der Waals surface area contributed by atoms with Crippen molar-refractivity contribution in [3.63, 3.8) is 0 Å². The van der Waals surface area contributed by atoms with Gasteiger partial charge < -0.3 is 15.2 Å². The van der Waals surface area contributed by atoms with Crippen LogP contribution < -0.4 is 10.1 Å². The Bertz CT molecular complexity index is 620. The minimum Gasteiger partial charge on any atom is -0.497 e. The van der Waals surface area contributed by atoms with E-state index in [-0.39, 0.29) is 0 Å². The molecular weight excluding hydrogens is 298 g/mol. The predicted molar refractivity (Wildman–Crippen MR) is 97.3 cm³/mol. The van der Waals surface area contributed by atoms with Gasteiger partial charge in [-0.15, -0.1) is 0 Å². The first-order valence-corrected chi connectivity index (χ1v) is 8.88. The van der Waals surface area contributed by atoms with E-state index in [1.165, 1.54) is 32.1 Å². The van der Waals surface area contributed by atoms with Gasteiger partial charge in [-0.05, 0) is 36.1 Å². The molecule has 0 bridgehead atoms. The molecule has 3 heteroatoms. The number of aliphatic hydroxyl groups is 1. The van der Waals surface area contributed by atoms with Gasteiger partial charge in [-0.3, -0.25) is 0 Å². The fourth-order valence-corrected chi connectivity index (χ4v) is 3.55. The van der Waals surface area contributed by atoms with Crippen LogP contribution in [0.5, 0.6) is 5.75 Å². The molecule has 2 N–H and O–H groups in total. The van der Waals surface area contributed by atoms with Gasteiger partial charge in [-0.1, -0.05) is 61.7 Å². The third-order valence-electron chi connectivity index (χ3n) is 5.07. The average molecular weight is 325 g/mol. The second kappa shape index (κ2) is 7.82. The summed E-state index contributed by atoms with van der Waals surface area (Å²) in [5, 5.41) is 15.2. The summed E-state index contributed by atoms with van der Waals surface area (Å²) in [7, 11) is 1.66. The molecule has 1 fully saturated rings. The molecule has 1 atom stereocenters. The van der Waals surface area contributed by atoms with Crippen molar-refractivity contribution < 1.29 is 9.84 Å². The number of benzene rings is 2. The van der Waals surface area contributed by atoms with E-state index >= 15 is 0 Å². The molecule has 1 saturated carbocycles. The van der Waals surface area contributed by atoms with Crippen molar-refractivity contribution in [2.75, 3.05) is 13.7 Å². The third kappa shape index (κ3) is 3.80. The van der Waals surface area contributed by atoms with Crippen LogP contribution in [0.3, 0.4) is 0 Å². The smallest absolute Gasteiger partial charge is 0.127 e. The maximum Gasteiger partial charge on any atom is 0.127 e. The maximum absolute atomic E-state index is 11.5. The highest BCUT2D eigenvalue weighted by molar-refractivity contribution is 5.39. The summed E-state index contributed by atoms with van der Waals surface area (Å²) < 4.78 is 5.25. The Labute approximate surface area is 144 Å². The van der Waals surface area contributed by atoms with Gasteiger partial charge in [0.05, 0.1) is 7.11 Å². The highest BCUT2D eigenvalue weighted by Gasteiger charge is 2.32.